The fourth-order valence-electron chi connectivity index (χ4n) is 4.32. The molecule has 8 heteroatoms. The predicted molar refractivity (Wildman–Crippen MR) is 103 cm³/mol. The van der Waals surface area contributed by atoms with E-state index < -0.39 is 17.3 Å². The largest absolute Gasteiger partial charge is 0.494 e. The molecular formula is C21H27FN2O5. The van der Waals surface area contributed by atoms with E-state index in [9.17, 15) is 14.0 Å². The summed E-state index contributed by atoms with van der Waals surface area (Å²) in [4.78, 5) is 32.8. The number of nitrogens with zero attached hydrogens (tertiary/aromatic N) is 2. The zero-order valence-electron chi connectivity index (χ0n) is 16.9. The summed E-state index contributed by atoms with van der Waals surface area (Å²) in [6.45, 7) is 5.77. The average molecular weight is 406 g/mol. The van der Waals surface area contributed by atoms with Crippen LogP contribution in [-0.4, -0.2) is 61.3 Å². The quantitative estimate of drug-likeness (QED) is 0.511. The van der Waals surface area contributed by atoms with Crippen LogP contribution in [0.5, 0.6) is 5.75 Å². The third-order valence-electron chi connectivity index (χ3n) is 5.81. The molecule has 2 heterocycles. The first-order valence-electron chi connectivity index (χ1n) is 9.64. The van der Waals surface area contributed by atoms with Crippen LogP contribution < -0.4 is 4.74 Å². The molecule has 2 fully saturated rings. The number of esters is 1. The molecule has 1 aromatic rings. The first-order valence-corrected chi connectivity index (χ1v) is 9.64. The Bertz CT molecular complexity index is 776. The number of likely N-dealkylation sites (tertiary alicyclic amines) is 1. The topological polar surface area (TPSA) is 68.3 Å². The number of methoxy groups -OCH3 is 2. The van der Waals surface area contributed by atoms with E-state index >= 15 is 0 Å². The highest BCUT2D eigenvalue weighted by Crippen LogP contribution is 2.44. The Balaban J connectivity index is 1.74. The molecule has 0 aromatic heterocycles. The van der Waals surface area contributed by atoms with E-state index in [4.69, 9.17) is 14.3 Å². The molecule has 1 aromatic carbocycles. The van der Waals surface area contributed by atoms with Crippen molar-refractivity contribution in [2.24, 2.45) is 5.92 Å². The Hall–Kier alpha value is -2.45. The molecule has 1 unspecified atom stereocenters. The number of rotatable bonds is 7. The molecule has 0 radical (unpaired) electrons. The summed E-state index contributed by atoms with van der Waals surface area (Å²) in [5, 5.41) is 1.38. The minimum absolute atomic E-state index is 0.0823. The van der Waals surface area contributed by atoms with E-state index in [1.54, 1.807) is 18.2 Å². The van der Waals surface area contributed by atoms with Crippen LogP contribution in [0.2, 0.25) is 0 Å². The van der Waals surface area contributed by atoms with Crippen molar-refractivity contribution in [3.8, 4) is 5.75 Å². The summed E-state index contributed by atoms with van der Waals surface area (Å²) < 4.78 is 23.7. The van der Waals surface area contributed by atoms with Crippen molar-refractivity contribution < 1.29 is 28.3 Å². The molecule has 2 aliphatic heterocycles. The number of carbonyl (C=O) groups excluding carboxylic acids is 2. The van der Waals surface area contributed by atoms with Crippen LogP contribution in [0.1, 0.15) is 24.8 Å². The van der Waals surface area contributed by atoms with Gasteiger partial charge in [-0.15, -0.1) is 6.58 Å². The van der Waals surface area contributed by atoms with Crippen LogP contribution in [0.3, 0.4) is 0 Å². The number of ether oxygens (including phenoxy) is 2. The Morgan fingerprint density at radius 1 is 1.34 bits per heavy atom. The molecule has 0 bridgehead atoms. The van der Waals surface area contributed by atoms with Gasteiger partial charge in [0.2, 0.25) is 5.91 Å². The van der Waals surface area contributed by atoms with Crippen LogP contribution >= 0.6 is 0 Å². The lowest BCUT2D eigenvalue weighted by atomic mass is 9.77. The van der Waals surface area contributed by atoms with Crippen molar-refractivity contribution in [1.29, 1.82) is 0 Å². The van der Waals surface area contributed by atoms with E-state index in [0.717, 1.165) is 5.56 Å². The third-order valence-corrected chi connectivity index (χ3v) is 5.81. The van der Waals surface area contributed by atoms with Crippen LogP contribution in [0.4, 0.5) is 4.39 Å². The van der Waals surface area contributed by atoms with Crippen LogP contribution in [0.25, 0.3) is 0 Å². The first kappa shape index (κ1) is 21.3. The van der Waals surface area contributed by atoms with Gasteiger partial charge in [0.05, 0.1) is 32.3 Å². The minimum atomic E-state index is -0.718. The van der Waals surface area contributed by atoms with Gasteiger partial charge >= 0.3 is 5.97 Å². The van der Waals surface area contributed by atoms with Gasteiger partial charge in [-0.1, -0.05) is 12.1 Å². The van der Waals surface area contributed by atoms with Crippen molar-refractivity contribution in [3.63, 3.8) is 0 Å². The second-order valence-electron chi connectivity index (χ2n) is 7.40. The highest BCUT2D eigenvalue weighted by Gasteiger charge is 2.58. The number of amides is 1. The molecule has 1 atom stereocenters. The second-order valence-corrected chi connectivity index (χ2v) is 7.40. The number of hydrogen-bond donors (Lipinski definition) is 0. The molecule has 29 heavy (non-hydrogen) atoms. The number of hydroxylamine groups is 2. The maximum Gasteiger partial charge on any atom is 0.311 e. The fourth-order valence-corrected chi connectivity index (χ4v) is 4.32. The van der Waals surface area contributed by atoms with Gasteiger partial charge in [0, 0.05) is 26.1 Å². The van der Waals surface area contributed by atoms with Crippen LogP contribution in [0, 0.1) is 11.7 Å². The maximum absolute atomic E-state index is 13.6. The fraction of sp³-hybridized carbons (Fsp3) is 0.524. The van der Waals surface area contributed by atoms with Gasteiger partial charge in [0.1, 0.15) is 0 Å². The Morgan fingerprint density at radius 3 is 2.69 bits per heavy atom. The van der Waals surface area contributed by atoms with E-state index in [1.807, 2.05) is 0 Å². The van der Waals surface area contributed by atoms with Crippen molar-refractivity contribution in [1.82, 2.24) is 9.96 Å². The Morgan fingerprint density at radius 2 is 2.07 bits per heavy atom. The molecule has 0 aliphatic carbocycles. The van der Waals surface area contributed by atoms with Crippen molar-refractivity contribution in [3.05, 3.63) is 42.2 Å². The maximum atomic E-state index is 13.6. The van der Waals surface area contributed by atoms with E-state index in [2.05, 4.69) is 11.5 Å². The number of halogens is 1. The lowest BCUT2D eigenvalue weighted by molar-refractivity contribution is -0.218. The molecule has 0 N–H and O–H groups in total. The highest BCUT2D eigenvalue weighted by atomic mass is 19.1. The molecule has 3 rings (SSSR count). The van der Waals surface area contributed by atoms with Crippen LogP contribution in [0.15, 0.2) is 30.9 Å². The lowest BCUT2D eigenvalue weighted by Crippen LogP contribution is -2.57. The Labute approximate surface area is 170 Å². The zero-order chi connectivity index (χ0) is 21.0. The summed E-state index contributed by atoms with van der Waals surface area (Å²) in [7, 11) is 2.78. The minimum Gasteiger partial charge on any atom is -0.494 e. The van der Waals surface area contributed by atoms with Gasteiger partial charge in [-0.3, -0.25) is 19.3 Å². The molecule has 158 valence electrons. The molecule has 1 amide bonds. The molecule has 7 nitrogen and oxygen atoms in total. The van der Waals surface area contributed by atoms with Gasteiger partial charge in [-0.2, -0.15) is 0 Å². The smallest absolute Gasteiger partial charge is 0.311 e. The molecule has 2 saturated heterocycles. The Kier molecular flexibility index (Phi) is 6.54. The molecule has 1 spiro atoms. The summed E-state index contributed by atoms with van der Waals surface area (Å²) in [5.41, 5.74) is 0.218. The van der Waals surface area contributed by atoms with Crippen molar-refractivity contribution >= 4 is 11.9 Å². The molecule has 0 saturated carbocycles. The van der Waals surface area contributed by atoms with Gasteiger partial charge in [-0.05, 0) is 30.5 Å². The summed E-state index contributed by atoms with van der Waals surface area (Å²) in [6, 6.07) is 4.82. The monoisotopic (exact) mass is 406 g/mol. The standard InChI is InChI=1S/C21H27FN2O5/c1-4-11-29-24-19(25)13-16(20(26)28-3)21(24)7-9-23(10-8-21)14-15-5-6-17(22)18(12-15)27-2/h4-6,12,16H,1,7-11,13-14H2,2-3H3. The third kappa shape index (κ3) is 4.13. The molecular weight excluding hydrogens is 379 g/mol. The van der Waals surface area contributed by atoms with Crippen molar-refractivity contribution in [2.75, 3.05) is 33.9 Å². The van der Waals surface area contributed by atoms with E-state index in [0.29, 0.717) is 32.5 Å². The summed E-state index contributed by atoms with van der Waals surface area (Å²) >= 11 is 0. The zero-order valence-corrected chi connectivity index (χ0v) is 16.9. The number of hydrogen-bond acceptors (Lipinski definition) is 6. The summed E-state index contributed by atoms with van der Waals surface area (Å²) in [6.07, 6.45) is 2.81. The van der Waals surface area contributed by atoms with Gasteiger partial charge < -0.3 is 9.47 Å². The van der Waals surface area contributed by atoms with Gasteiger partial charge in [-0.25, -0.2) is 9.45 Å². The van der Waals surface area contributed by atoms with Crippen LogP contribution in [-0.2, 0) is 25.7 Å². The van der Waals surface area contributed by atoms with Gasteiger partial charge in [0.25, 0.3) is 0 Å². The predicted octanol–water partition coefficient (Wildman–Crippen LogP) is 2.31. The first-order chi connectivity index (χ1) is 13.9. The molecule has 2 aliphatic rings. The number of carbonyl (C=O) groups is 2. The second kappa shape index (κ2) is 8.92. The van der Waals surface area contributed by atoms with Gasteiger partial charge in [0.15, 0.2) is 11.6 Å². The number of benzene rings is 1. The normalized spacial score (nSPS) is 21.4. The number of piperidine rings is 1. The van der Waals surface area contributed by atoms with E-state index in [-0.39, 0.29) is 30.7 Å². The summed E-state index contributed by atoms with van der Waals surface area (Å²) in [5.74, 6) is -1.34. The average Bonchev–Trinajstić information content (AvgIpc) is 3.00. The van der Waals surface area contributed by atoms with Crippen molar-refractivity contribution in [2.45, 2.75) is 31.3 Å². The lowest BCUT2D eigenvalue weighted by Gasteiger charge is -2.45. The SMILES string of the molecule is C=CCON1C(=O)CC(C(=O)OC)C12CCN(Cc1ccc(F)c(OC)c1)CC2. The highest BCUT2D eigenvalue weighted by molar-refractivity contribution is 5.88. The van der Waals surface area contributed by atoms with E-state index in [1.165, 1.54) is 25.3 Å².